The predicted molar refractivity (Wildman–Crippen MR) is 76.6 cm³/mol. The van der Waals surface area contributed by atoms with Crippen molar-refractivity contribution in [3.63, 3.8) is 0 Å². The highest BCUT2D eigenvalue weighted by Gasteiger charge is 2.17. The molecule has 0 saturated carbocycles. The Morgan fingerprint density at radius 3 is 2.42 bits per heavy atom. The Hall–Kier alpha value is -1.51. The molecule has 0 unspecified atom stereocenters. The van der Waals surface area contributed by atoms with Gasteiger partial charge < -0.3 is 9.64 Å². The maximum atomic E-state index is 12.1. The van der Waals surface area contributed by atoms with Crippen LogP contribution >= 0.6 is 0 Å². The van der Waals surface area contributed by atoms with Gasteiger partial charge in [0.25, 0.3) is 5.91 Å². The van der Waals surface area contributed by atoms with Crippen LogP contribution in [0, 0.1) is 20.8 Å². The summed E-state index contributed by atoms with van der Waals surface area (Å²) in [6.07, 6.45) is 3.48. The second-order valence-corrected chi connectivity index (χ2v) is 5.38. The number of hydrogen-bond acceptors (Lipinski definition) is 2. The number of carbonyl (C=O) groups excluding carboxylic acids is 1. The van der Waals surface area contributed by atoms with Crippen molar-refractivity contribution in [3.8, 4) is 5.75 Å². The minimum Gasteiger partial charge on any atom is -0.483 e. The molecule has 0 aliphatic carbocycles. The molecule has 0 bridgehead atoms. The molecule has 0 atom stereocenters. The Bertz CT molecular complexity index is 462. The molecule has 3 nitrogen and oxygen atoms in total. The van der Waals surface area contributed by atoms with Gasteiger partial charge >= 0.3 is 0 Å². The zero-order valence-corrected chi connectivity index (χ0v) is 12.2. The summed E-state index contributed by atoms with van der Waals surface area (Å²) < 4.78 is 5.77. The summed E-state index contributed by atoms with van der Waals surface area (Å²) in [5.74, 6) is 0.977. The van der Waals surface area contributed by atoms with E-state index in [4.69, 9.17) is 4.74 Å². The number of carbonyl (C=O) groups is 1. The SMILES string of the molecule is Cc1ccc(C)c(OCC(=O)N2CCCCC2)c1C. The molecule has 19 heavy (non-hydrogen) atoms. The van der Waals surface area contributed by atoms with Crippen LogP contribution in [0.2, 0.25) is 0 Å². The van der Waals surface area contributed by atoms with Crippen LogP contribution in [0.4, 0.5) is 0 Å². The van der Waals surface area contributed by atoms with Crippen molar-refractivity contribution in [3.05, 3.63) is 28.8 Å². The summed E-state index contributed by atoms with van der Waals surface area (Å²) >= 11 is 0. The number of likely N-dealkylation sites (tertiary alicyclic amines) is 1. The van der Waals surface area contributed by atoms with Gasteiger partial charge in [0.15, 0.2) is 6.61 Å². The monoisotopic (exact) mass is 261 g/mol. The quantitative estimate of drug-likeness (QED) is 0.837. The second kappa shape index (κ2) is 6.09. The minimum atomic E-state index is 0.111. The van der Waals surface area contributed by atoms with E-state index in [1.54, 1.807) is 0 Å². The van der Waals surface area contributed by atoms with Gasteiger partial charge in [0.05, 0.1) is 0 Å². The molecular formula is C16H23NO2. The van der Waals surface area contributed by atoms with Gasteiger partial charge in [0.1, 0.15) is 5.75 Å². The molecule has 0 spiro atoms. The van der Waals surface area contributed by atoms with Crippen LogP contribution in [0.15, 0.2) is 12.1 Å². The normalized spacial score (nSPS) is 15.4. The number of aryl methyl sites for hydroxylation is 2. The summed E-state index contributed by atoms with van der Waals surface area (Å²) in [7, 11) is 0. The maximum Gasteiger partial charge on any atom is 0.260 e. The fourth-order valence-electron chi connectivity index (χ4n) is 2.52. The van der Waals surface area contributed by atoms with Gasteiger partial charge in [0, 0.05) is 13.1 Å². The van der Waals surface area contributed by atoms with E-state index in [0.717, 1.165) is 42.8 Å². The van der Waals surface area contributed by atoms with Crippen molar-refractivity contribution in [1.29, 1.82) is 0 Å². The standard InChI is InChI=1S/C16H23NO2/c1-12-7-8-13(2)16(14(12)3)19-11-15(18)17-9-5-4-6-10-17/h7-8H,4-6,9-11H2,1-3H3. The Kier molecular flexibility index (Phi) is 4.46. The number of ether oxygens (including phenoxy) is 1. The van der Waals surface area contributed by atoms with Crippen LogP contribution in [0.3, 0.4) is 0 Å². The molecule has 104 valence electrons. The average molecular weight is 261 g/mol. The van der Waals surface area contributed by atoms with Gasteiger partial charge in [-0.15, -0.1) is 0 Å². The van der Waals surface area contributed by atoms with Crippen molar-refractivity contribution in [2.24, 2.45) is 0 Å². The molecule has 0 radical (unpaired) electrons. The number of amides is 1. The van der Waals surface area contributed by atoms with Gasteiger partial charge in [-0.1, -0.05) is 12.1 Å². The van der Waals surface area contributed by atoms with Crippen molar-refractivity contribution in [2.45, 2.75) is 40.0 Å². The first-order valence-electron chi connectivity index (χ1n) is 7.07. The van der Waals surface area contributed by atoms with E-state index in [1.807, 2.05) is 24.8 Å². The first-order valence-corrected chi connectivity index (χ1v) is 7.07. The second-order valence-electron chi connectivity index (χ2n) is 5.38. The van der Waals surface area contributed by atoms with Crippen LogP contribution in [-0.4, -0.2) is 30.5 Å². The zero-order valence-electron chi connectivity index (χ0n) is 12.2. The van der Waals surface area contributed by atoms with Crippen LogP contribution in [-0.2, 0) is 4.79 Å². The average Bonchev–Trinajstić information content (AvgIpc) is 2.44. The number of rotatable bonds is 3. The Labute approximate surface area is 115 Å². The smallest absolute Gasteiger partial charge is 0.260 e. The lowest BCUT2D eigenvalue weighted by molar-refractivity contribution is -0.134. The molecule has 1 fully saturated rings. The lowest BCUT2D eigenvalue weighted by atomic mass is 10.1. The van der Waals surface area contributed by atoms with Gasteiger partial charge in [-0.3, -0.25) is 4.79 Å². The van der Waals surface area contributed by atoms with Gasteiger partial charge in [-0.05, 0) is 56.7 Å². The number of hydrogen-bond donors (Lipinski definition) is 0. The van der Waals surface area contributed by atoms with Crippen molar-refractivity contribution < 1.29 is 9.53 Å². The number of nitrogens with zero attached hydrogens (tertiary/aromatic N) is 1. The third kappa shape index (κ3) is 3.28. The predicted octanol–water partition coefficient (Wildman–Crippen LogP) is 3.00. The topological polar surface area (TPSA) is 29.5 Å². The summed E-state index contributed by atoms with van der Waals surface area (Å²) in [5.41, 5.74) is 3.42. The van der Waals surface area contributed by atoms with E-state index >= 15 is 0 Å². The summed E-state index contributed by atoms with van der Waals surface area (Å²) in [4.78, 5) is 14.0. The first kappa shape index (κ1) is 13.9. The van der Waals surface area contributed by atoms with E-state index in [1.165, 1.54) is 12.0 Å². The zero-order chi connectivity index (χ0) is 13.8. The number of piperidine rings is 1. The molecule has 1 aromatic rings. The van der Waals surface area contributed by atoms with E-state index in [-0.39, 0.29) is 12.5 Å². The summed E-state index contributed by atoms with van der Waals surface area (Å²) in [5, 5.41) is 0. The Balaban J connectivity index is 1.98. The molecule has 1 aliphatic heterocycles. The Morgan fingerprint density at radius 2 is 1.74 bits per heavy atom. The molecule has 1 heterocycles. The van der Waals surface area contributed by atoms with Crippen molar-refractivity contribution >= 4 is 5.91 Å². The highest BCUT2D eigenvalue weighted by atomic mass is 16.5. The van der Waals surface area contributed by atoms with E-state index in [2.05, 4.69) is 13.0 Å². The summed E-state index contributed by atoms with van der Waals surface area (Å²) in [6, 6.07) is 4.13. The van der Waals surface area contributed by atoms with E-state index in [0.29, 0.717) is 0 Å². The lowest BCUT2D eigenvalue weighted by Gasteiger charge is -2.27. The minimum absolute atomic E-state index is 0.111. The molecule has 1 aromatic carbocycles. The van der Waals surface area contributed by atoms with Gasteiger partial charge in [0.2, 0.25) is 0 Å². The summed E-state index contributed by atoms with van der Waals surface area (Å²) in [6.45, 7) is 8.05. The van der Waals surface area contributed by atoms with Crippen LogP contribution < -0.4 is 4.74 Å². The molecule has 3 heteroatoms. The number of benzene rings is 1. The molecule has 1 saturated heterocycles. The third-order valence-electron chi connectivity index (χ3n) is 3.92. The van der Waals surface area contributed by atoms with Crippen LogP contribution in [0.25, 0.3) is 0 Å². The van der Waals surface area contributed by atoms with E-state index < -0.39 is 0 Å². The molecule has 2 rings (SSSR count). The third-order valence-corrected chi connectivity index (χ3v) is 3.92. The lowest BCUT2D eigenvalue weighted by Crippen LogP contribution is -2.38. The molecular weight excluding hydrogens is 238 g/mol. The molecule has 1 aliphatic rings. The molecule has 1 amide bonds. The fourth-order valence-corrected chi connectivity index (χ4v) is 2.52. The highest BCUT2D eigenvalue weighted by Crippen LogP contribution is 2.25. The largest absolute Gasteiger partial charge is 0.483 e. The van der Waals surface area contributed by atoms with Crippen molar-refractivity contribution in [1.82, 2.24) is 4.90 Å². The van der Waals surface area contributed by atoms with Gasteiger partial charge in [-0.25, -0.2) is 0 Å². The van der Waals surface area contributed by atoms with Crippen LogP contribution in [0.1, 0.15) is 36.0 Å². The fraction of sp³-hybridized carbons (Fsp3) is 0.562. The molecule has 0 aromatic heterocycles. The van der Waals surface area contributed by atoms with Crippen molar-refractivity contribution in [2.75, 3.05) is 19.7 Å². The Morgan fingerprint density at radius 1 is 1.11 bits per heavy atom. The highest BCUT2D eigenvalue weighted by molar-refractivity contribution is 5.78. The first-order chi connectivity index (χ1) is 9.09. The van der Waals surface area contributed by atoms with E-state index in [9.17, 15) is 4.79 Å². The maximum absolute atomic E-state index is 12.1. The molecule has 0 N–H and O–H groups in total. The van der Waals surface area contributed by atoms with Gasteiger partial charge in [-0.2, -0.15) is 0 Å². The van der Waals surface area contributed by atoms with Crippen LogP contribution in [0.5, 0.6) is 5.75 Å².